The molecule has 4 atom stereocenters. The highest BCUT2D eigenvalue weighted by Gasteiger charge is 2.74. The third kappa shape index (κ3) is 1.93. The van der Waals surface area contributed by atoms with Crippen LogP contribution in [0.15, 0.2) is 48.5 Å². The smallest absolute Gasteiger partial charge is 0.250 e. The first kappa shape index (κ1) is 17.2. The molecule has 3 fully saturated rings. The van der Waals surface area contributed by atoms with Crippen molar-refractivity contribution in [2.45, 2.75) is 24.4 Å². The Bertz CT molecular complexity index is 1080. The van der Waals surface area contributed by atoms with Crippen LogP contribution >= 0.6 is 11.6 Å². The summed E-state index contributed by atoms with van der Waals surface area (Å²) < 4.78 is 0. The minimum atomic E-state index is -1.11. The van der Waals surface area contributed by atoms with E-state index in [1.165, 1.54) is 4.90 Å². The molecule has 1 spiro atoms. The number of hydrogen-bond acceptors (Lipinski definition) is 4. The van der Waals surface area contributed by atoms with E-state index in [-0.39, 0.29) is 23.8 Å². The Morgan fingerprint density at radius 2 is 1.76 bits per heavy atom. The van der Waals surface area contributed by atoms with Crippen LogP contribution in [0.25, 0.3) is 0 Å². The maximum atomic E-state index is 13.7. The van der Waals surface area contributed by atoms with Crippen LogP contribution in [0, 0.1) is 11.8 Å². The lowest BCUT2D eigenvalue weighted by atomic mass is 9.75. The molecule has 0 bridgehead atoms. The van der Waals surface area contributed by atoms with Gasteiger partial charge in [0.15, 0.2) is 0 Å². The van der Waals surface area contributed by atoms with Gasteiger partial charge in [-0.15, -0.1) is 0 Å². The molecule has 0 unspecified atom stereocenters. The number of amides is 3. The number of hydrogen-bond donors (Lipinski definition) is 1. The monoisotopic (exact) mass is 407 g/mol. The van der Waals surface area contributed by atoms with Gasteiger partial charge in [0.05, 0.1) is 17.5 Å². The number of nitrogens with one attached hydrogen (secondary N) is 1. The van der Waals surface area contributed by atoms with Crippen LogP contribution in [0.2, 0.25) is 5.02 Å². The number of fused-ring (bicyclic) bond motifs is 7. The van der Waals surface area contributed by atoms with E-state index in [1.54, 1.807) is 24.3 Å². The Hall–Kier alpha value is -2.70. The second-order valence-electron chi connectivity index (χ2n) is 8.16. The van der Waals surface area contributed by atoms with Crippen LogP contribution < -0.4 is 10.2 Å². The highest BCUT2D eigenvalue weighted by atomic mass is 35.5. The van der Waals surface area contributed by atoms with E-state index in [0.29, 0.717) is 17.3 Å². The predicted octanol–water partition coefficient (Wildman–Crippen LogP) is 2.77. The van der Waals surface area contributed by atoms with Crippen molar-refractivity contribution in [2.24, 2.45) is 11.8 Å². The van der Waals surface area contributed by atoms with Gasteiger partial charge < -0.3 is 5.32 Å². The van der Waals surface area contributed by atoms with Crippen molar-refractivity contribution in [2.75, 3.05) is 16.8 Å². The standard InChI is InChI=1S/C22H18ClN3O3/c23-12-7-9-13(10-8-12)26-19(27)17-16-6-3-11-25(16)22(18(17)20(26)28)14-4-1-2-5-15(14)24-21(22)29/h1-2,4-5,7-10,16-18H,3,6,11H2,(H,24,29)/t16-,17-,18-,22-/m1/s1. The zero-order valence-corrected chi connectivity index (χ0v) is 16.2. The molecule has 7 heteroatoms. The highest BCUT2D eigenvalue weighted by molar-refractivity contribution is 6.31. The van der Waals surface area contributed by atoms with Crippen molar-refractivity contribution in [1.82, 2.24) is 4.90 Å². The molecule has 0 radical (unpaired) electrons. The van der Waals surface area contributed by atoms with E-state index in [2.05, 4.69) is 10.2 Å². The van der Waals surface area contributed by atoms with Crippen molar-refractivity contribution < 1.29 is 14.4 Å². The lowest BCUT2D eigenvalue weighted by Crippen LogP contribution is -2.54. The molecule has 29 heavy (non-hydrogen) atoms. The summed E-state index contributed by atoms with van der Waals surface area (Å²) >= 11 is 5.99. The molecule has 4 heterocycles. The maximum Gasteiger partial charge on any atom is 0.250 e. The summed E-state index contributed by atoms with van der Waals surface area (Å²) in [7, 11) is 0. The minimum absolute atomic E-state index is 0.106. The molecule has 2 aromatic rings. The molecule has 0 aliphatic carbocycles. The maximum absolute atomic E-state index is 13.7. The Kier molecular flexibility index (Phi) is 3.36. The molecular weight excluding hydrogens is 390 g/mol. The Balaban J connectivity index is 1.55. The van der Waals surface area contributed by atoms with Crippen LogP contribution in [-0.4, -0.2) is 35.2 Å². The number of carbonyl (C=O) groups is 3. The zero-order chi connectivity index (χ0) is 19.9. The third-order valence-corrected chi connectivity index (χ3v) is 7.24. The van der Waals surface area contributed by atoms with E-state index in [9.17, 15) is 14.4 Å². The van der Waals surface area contributed by atoms with Crippen molar-refractivity contribution >= 4 is 40.7 Å². The summed E-state index contributed by atoms with van der Waals surface area (Å²) in [6.07, 6.45) is 1.72. The van der Waals surface area contributed by atoms with Gasteiger partial charge in [-0.25, -0.2) is 4.90 Å². The van der Waals surface area contributed by atoms with Crippen LogP contribution in [-0.2, 0) is 19.9 Å². The number of nitrogens with zero attached hydrogens (tertiary/aromatic N) is 2. The normalized spacial score (nSPS) is 32.7. The molecular formula is C22H18ClN3O3. The predicted molar refractivity (Wildman–Crippen MR) is 107 cm³/mol. The van der Waals surface area contributed by atoms with E-state index in [1.807, 2.05) is 24.3 Å². The van der Waals surface area contributed by atoms with Gasteiger partial charge in [-0.3, -0.25) is 19.3 Å². The van der Waals surface area contributed by atoms with Gasteiger partial charge in [-0.1, -0.05) is 29.8 Å². The van der Waals surface area contributed by atoms with Crippen LogP contribution in [0.1, 0.15) is 18.4 Å². The largest absolute Gasteiger partial charge is 0.324 e. The summed E-state index contributed by atoms with van der Waals surface area (Å²) in [5.74, 6) is -1.95. The Morgan fingerprint density at radius 3 is 2.55 bits per heavy atom. The number of para-hydroxylation sites is 1. The van der Waals surface area contributed by atoms with Crippen molar-refractivity contribution in [3.8, 4) is 0 Å². The van der Waals surface area contributed by atoms with Gasteiger partial charge in [0, 0.05) is 22.3 Å². The third-order valence-electron chi connectivity index (χ3n) is 6.98. The molecule has 0 saturated carbocycles. The fourth-order valence-corrected chi connectivity index (χ4v) is 6.13. The fourth-order valence-electron chi connectivity index (χ4n) is 6.00. The van der Waals surface area contributed by atoms with Crippen molar-refractivity contribution in [1.29, 1.82) is 0 Å². The van der Waals surface area contributed by atoms with Gasteiger partial charge >= 0.3 is 0 Å². The summed E-state index contributed by atoms with van der Waals surface area (Å²) in [6, 6.07) is 14.1. The van der Waals surface area contributed by atoms with Gasteiger partial charge in [-0.2, -0.15) is 0 Å². The number of carbonyl (C=O) groups excluding carboxylic acids is 3. The molecule has 0 aromatic heterocycles. The highest BCUT2D eigenvalue weighted by Crippen LogP contribution is 2.60. The lowest BCUT2D eigenvalue weighted by molar-refractivity contribution is -0.135. The number of rotatable bonds is 1. The summed E-state index contributed by atoms with van der Waals surface area (Å²) in [6.45, 7) is 0.709. The van der Waals surface area contributed by atoms with E-state index in [4.69, 9.17) is 11.6 Å². The summed E-state index contributed by atoms with van der Waals surface area (Å²) in [4.78, 5) is 44.0. The van der Waals surface area contributed by atoms with E-state index >= 15 is 0 Å². The first-order chi connectivity index (χ1) is 14.0. The number of benzene rings is 2. The van der Waals surface area contributed by atoms with Crippen LogP contribution in [0.4, 0.5) is 11.4 Å². The number of halogens is 1. The molecule has 4 aliphatic rings. The molecule has 3 saturated heterocycles. The van der Waals surface area contributed by atoms with Crippen LogP contribution in [0.5, 0.6) is 0 Å². The quantitative estimate of drug-likeness (QED) is 0.738. The average molecular weight is 408 g/mol. The number of imide groups is 1. The second-order valence-corrected chi connectivity index (χ2v) is 8.60. The Morgan fingerprint density at radius 1 is 1.00 bits per heavy atom. The minimum Gasteiger partial charge on any atom is -0.324 e. The van der Waals surface area contributed by atoms with Gasteiger partial charge in [-0.05, 0) is 49.7 Å². The molecule has 3 amide bonds. The summed E-state index contributed by atoms with van der Waals surface area (Å²) in [5, 5.41) is 3.51. The Labute approximate surface area is 172 Å². The molecule has 2 aromatic carbocycles. The fraction of sp³-hybridized carbons (Fsp3) is 0.318. The van der Waals surface area contributed by atoms with Crippen molar-refractivity contribution in [3.05, 3.63) is 59.1 Å². The van der Waals surface area contributed by atoms with Crippen LogP contribution in [0.3, 0.4) is 0 Å². The van der Waals surface area contributed by atoms with E-state index in [0.717, 1.165) is 24.1 Å². The SMILES string of the molecule is O=C1[C@@H]2[C@H]3CCCN3[C@@]3(C(=O)Nc4ccccc43)[C@H]2C(=O)N1c1ccc(Cl)cc1. The molecule has 146 valence electrons. The first-order valence-electron chi connectivity index (χ1n) is 9.86. The second kappa shape index (κ2) is 5.68. The lowest BCUT2D eigenvalue weighted by Gasteiger charge is -2.36. The number of anilines is 2. The molecule has 1 N–H and O–H groups in total. The van der Waals surface area contributed by atoms with Gasteiger partial charge in [0.25, 0.3) is 0 Å². The van der Waals surface area contributed by atoms with E-state index < -0.39 is 17.4 Å². The zero-order valence-electron chi connectivity index (χ0n) is 15.5. The average Bonchev–Trinajstić information content (AvgIpc) is 3.41. The molecule has 6 nitrogen and oxygen atoms in total. The van der Waals surface area contributed by atoms with Gasteiger partial charge in [0.1, 0.15) is 5.54 Å². The summed E-state index contributed by atoms with van der Waals surface area (Å²) in [5.41, 5.74) is 0.929. The van der Waals surface area contributed by atoms with Gasteiger partial charge in [0.2, 0.25) is 17.7 Å². The van der Waals surface area contributed by atoms with Crippen molar-refractivity contribution in [3.63, 3.8) is 0 Å². The first-order valence-corrected chi connectivity index (χ1v) is 10.2. The molecule has 4 aliphatic heterocycles. The topological polar surface area (TPSA) is 69.7 Å². The molecule has 6 rings (SSSR count).